The van der Waals surface area contributed by atoms with Crippen LogP contribution in [0, 0.1) is 0 Å². The lowest BCUT2D eigenvalue weighted by Gasteiger charge is -2.15. The van der Waals surface area contributed by atoms with Crippen LogP contribution in [0.3, 0.4) is 0 Å². The molecule has 1 atom stereocenters. The highest BCUT2D eigenvalue weighted by Gasteiger charge is 2.15. The van der Waals surface area contributed by atoms with E-state index in [1.165, 1.54) is 42.4 Å². The summed E-state index contributed by atoms with van der Waals surface area (Å²) in [5, 5.41) is 6.73. The summed E-state index contributed by atoms with van der Waals surface area (Å²) in [7, 11) is 1.81. The van der Waals surface area contributed by atoms with Crippen LogP contribution in [0.2, 0.25) is 0 Å². The fourth-order valence-electron chi connectivity index (χ4n) is 3.16. The molecular weight excluding hydrogens is 389 g/mol. The molecule has 0 bridgehead atoms. The predicted molar refractivity (Wildman–Crippen MR) is 101 cm³/mol. The summed E-state index contributed by atoms with van der Waals surface area (Å²) in [5.41, 5.74) is 4.38. The number of aliphatic imine (C=N–C) groups is 1. The van der Waals surface area contributed by atoms with Gasteiger partial charge in [-0.15, -0.1) is 24.0 Å². The molecule has 1 unspecified atom stereocenters. The van der Waals surface area contributed by atoms with Gasteiger partial charge in [-0.1, -0.05) is 18.2 Å². The number of benzene rings is 1. The van der Waals surface area contributed by atoms with E-state index < -0.39 is 0 Å². The van der Waals surface area contributed by atoms with E-state index >= 15 is 0 Å². The van der Waals surface area contributed by atoms with E-state index in [9.17, 15) is 0 Å². The molecule has 0 radical (unpaired) electrons. The fourth-order valence-corrected chi connectivity index (χ4v) is 3.16. The quantitative estimate of drug-likeness (QED) is 0.452. The van der Waals surface area contributed by atoms with E-state index in [2.05, 4.69) is 33.8 Å². The van der Waals surface area contributed by atoms with Gasteiger partial charge in [0.05, 0.1) is 6.10 Å². The van der Waals surface area contributed by atoms with Gasteiger partial charge in [0.25, 0.3) is 0 Å². The molecule has 2 N–H and O–H groups in total. The van der Waals surface area contributed by atoms with E-state index in [-0.39, 0.29) is 24.0 Å². The molecular formula is C17H26IN3O. The minimum atomic E-state index is 0. The van der Waals surface area contributed by atoms with Crippen molar-refractivity contribution in [3.8, 4) is 0 Å². The molecule has 0 amide bonds. The first-order chi connectivity index (χ1) is 10.3. The number of nitrogens with zero attached hydrogens (tertiary/aromatic N) is 1. The second kappa shape index (κ2) is 8.72. The number of ether oxygens (including phenoxy) is 1. The van der Waals surface area contributed by atoms with E-state index in [0.717, 1.165) is 32.1 Å². The molecule has 1 aromatic carbocycles. The Labute approximate surface area is 150 Å². The van der Waals surface area contributed by atoms with Crippen molar-refractivity contribution in [3.05, 3.63) is 34.9 Å². The van der Waals surface area contributed by atoms with Gasteiger partial charge >= 0.3 is 0 Å². The molecule has 2 aliphatic rings. The Bertz CT molecular complexity index is 513. The number of nitrogens with one attached hydrogen (secondary N) is 2. The van der Waals surface area contributed by atoms with Crippen LogP contribution in [0.1, 0.15) is 36.0 Å². The number of hydrogen-bond acceptors (Lipinski definition) is 2. The van der Waals surface area contributed by atoms with Crippen molar-refractivity contribution >= 4 is 29.9 Å². The predicted octanol–water partition coefficient (Wildman–Crippen LogP) is 2.64. The molecule has 5 heteroatoms. The van der Waals surface area contributed by atoms with Gasteiger partial charge in [0, 0.05) is 26.7 Å². The van der Waals surface area contributed by atoms with Gasteiger partial charge in [0.15, 0.2) is 5.96 Å². The Balaban J connectivity index is 0.00000176. The lowest BCUT2D eigenvalue weighted by atomic mass is 10.1. The monoisotopic (exact) mass is 415 g/mol. The number of fused-ring (bicyclic) bond motifs is 1. The van der Waals surface area contributed by atoms with Crippen LogP contribution in [0.4, 0.5) is 0 Å². The van der Waals surface area contributed by atoms with Gasteiger partial charge in [0.2, 0.25) is 0 Å². The highest BCUT2D eigenvalue weighted by molar-refractivity contribution is 14.0. The lowest BCUT2D eigenvalue weighted by Crippen LogP contribution is -2.40. The zero-order valence-electron chi connectivity index (χ0n) is 13.2. The van der Waals surface area contributed by atoms with Crippen molar-refractivity contribution in [2.75, 3.05) is 20.2 Å². The molecule has 1 aliphatic carbocycles. The third-order valence-electron chi connectivity index (χ3n) is 4.37. The van der Waals surface area contributed by atoms with Crippen molar-refractivity contribution < 1.29 is 4.74 Å². The number of aryl methyl sites for hydroxylation is 2. The zero-order valence-corrected chi connectivity index (χ0v) is 15.6. The molecule has 1 fully saturated rings. The second-order valence-corrected chi connectivity index (χ2v) is 5.90. The summed E-state index contributed by atoms with van der Waals surface area (Å²) in [5.74, 6) is 0.853. The molecule has 0 spiro atoms. The fraction of sp³-hybridized carbons (Fsp3) is 0.588. The van der Waals surface area contributed by atoms with Crippen molar-refractivity contribution in [1.82, 2.24) is 10.6 Å². The normalized spacial score (nSPS) is 20.4. The molecule has 1 aliphatic heterocycles. The van der Waals surface area contributed by atoms with Crippen LogP contribution in [-0.4, -0.2) is 32.3 Å². The maximum absolute atomic E-state index is 5.62. The summed E-state index contributed by atoms with van der Waals surface area (Å²) < 4.78 is 5.62. The summed E-state index contributed by atoms with van der Waals surface area (Å²) in [6.45, 7) is 2.55. The SMILES string of the molecule is CN=C(NCc1ccc2c(c1)CCC2)NCC1CCCO1.I. The van der Waals surface area contributed by atoms with Crippen LogP contribution >= 0.6 is 24.0 Å². The molecule has 1 heterocycles. The number of hydrogen-bond donors (Lipinski definition) is 2. The molecule has 0 saturated carbocycles. The minimum absolute atomic E-state index is 0. The zero-order chi connectivity index (χ0) is 14.5. The summed E-state index contributed by atoms with van der Waals surface area (Å²) in [6.07, 6.45) is 6.44. The first-order valence-corrected chi connectivity index (χ1v) is 8.02. The second-order valence-electron chi connectivity index (χ2n) is 5.90. The van der Waals surface area contributed by atoms with Gasteiger partial charge in [-0.25, -0.2) is 0 Å². The first-order valence-electron chi connectivity index (χ1n) is 8.02. The Morgan fingerprint density at radius 1 is 1.23 bits per heavy atom. The third-order valence-corrected chi connectivity index (χ3v) is 4.37. The average Bonchev–Trinajstić information content (AvgIpc) is 3.18. The van der Waals surface area contributed by atoms with Crippen molar-refractivity contribution in [2.45, 2.75) is 44.8 Å². The van der Waals surface area contributed by atoms with Crippen LogP contribution in [0.5, 0.6) is 0 Å². The van der Waals surface area contributed by atoms with Gasteiger partial charge in [0.1, 0.15) is 0 Å². The Morgan fingerprint density at radius 3 is 2.86 bits per heavy atom. The van der Waals surface area contributed by atoms with Gasteiger partial charge in [-0.2, -0.15) is 0 Å². The maximum atomic E-state index is 5.62. The Morgan fingerprint density at radius 2 is 2.09 bits per heavy atom. The molecule has 1 saturated heterocycles. The molecule has 3 rings (SSSR count). The highest BCUT2D eigenvalue weighted by Crippen LogP contribution is 2.22. The summed E-state index contributed by atoms with van der Waals surface area (Å²) in [4.78, 5) is 4.28. The number of halogens is 1. The van der Waals surface area contributed by atoms with Gasteiger partial charge in [-0.3, -0.25) is 4.99 Å². The van der Waals surface area contributed by atoms with Crippen LogP contribution in [0.15, 0.2) is 23.2 Å². The van der Waals surface area contributed by atoms with E-state index in [1.807, 2.05) is 7.05 Å². The smallest absolute Gasteiger partial charge is 0.191 e. The number of rotatable bonds is 4. The topological polar surface area (TPSA) is 45.7 Å². The Hall–Kier alpha value is -0.820. The standard InChI is InChI=1S/C17H25N3O.HI/c1-18-17(20-12-16-6-3-9-21-16)19-11-13-7-8-14-4-2-5-15(14)10-13;/h7-8,10,16H,2-6,9,11-12H2,1H3,(H2,18,19,20);1H. The van der Waals surface area contributed by atoms with Gasteiger partial charge < -0.3 is 15.4 Å². The maximum Gasteiger partial charge on any atom is 0.191 e. The van der Waals surface area contributed by atoms with Crippen LogP contribution in [0.25, 0.3) is 0 Å². The van der Waals surface area contributed by atoms with E-state index in [0.29, 0.717) is 6.10 Å². The van der Waals surface area contributed by atoms with Gasteiger partial charge in [-0.05, 0) is 48.8 Å². The molecule has 0 aromatic heterocycles. The van der Waals surface area contributed by atoms with E-state index in [4.69, 9.17) is 4.74 Å². The van der Waals surface area contributed by atoms with Crippen molar-refractivity contribution in [1.29, 1.82) is 0 Å². The lowest BCUT2D eigenvalue weighted by molar-refractivity contribution is 0.114. The highest BCUT2D eigenvalue weighted by atomic mass is 127. The van der Waals surface area contributed by atoms with Crippen molar-refractivity contribution in [3.63, 3.8) is 0 Å². The van der Waals surface area contributed by atoms with Crippen LogP contribution < -0.4 is 10.6 Å². The first kappa shape index (κ1) is 17.5. The van der Waals surface area contributed by atoms with Crippen molar-refractivity contribution in [2.24, 2.45) is 4.99 Å². The molecule has 22 heavy (non-hydrogen) atoms. The molecule has 4 nitrogen and oxygen atoms in total. The minimum Gasteiger partial charge on any atom is -0.376 e. The molecule has 122 valence electrons. The largest absolute Gasteiger partial charge is 0.376 e. The average molecular weight is 415 g/mol. The Kier molecular flexibility index (Phi) is 6.95. The van der Waals surface area contributed by atoms with Crippen LogP contribution in [-0.2, 0) is 24.1 Å². The third kappa shape index (κ3) is 4.59. The summed E-state index contributed by atoms with van der Waals surface area (Å²) >= 11 is 0. The summed E-state index contributed by atoms with van der Waals surface area (Å²) in [6, 6.07) is 6.84. The molecule has 1 aromatic rings. The number of guanidine groups is 1. The van der Waals surface area contributed by atoms with E-state index in [1.54, 1.807) is 0 Å².